The molecule has 1 aliphatic rings. The second-order valence-electron chi connectivity index (χ2n) is 10.8. The van der Waals surface area contributed by atoms with Crippen LogP contribution in [-0.2, 0) is 28.7 Å². The van der Waals surface area contributed by atoms with E-state index >= 15 is 0 Å². The summed E-state index contributed by atoms with van der Waals surface area (Å²) in [5.41, 5.74) is 5.51. The highest BCUT2D eigenvalue weighted by Gasteiger charge is 2.53. The lowest BCUT2D eigenvalue weighted by Crippen LogP contribution is -2.53. The maximum absolute atomic E-state index is 14.4. The number of aliphatic hydroxyl groups is 1. The molecule has 1 heterocycles. The largest absolute Gasteiger partial charge is 0.497 e. The van der Waals surface area contributed by atoms with E-state index in [2.05, 4.69) is 26.8 Å². The van der Waals surface area contributed by atoms with E-state index in [4.69, 9.17) is 24.3 Å². The first-order valence-corrected chi connectivity index (χ1v) is 15.6. The molecule has 3 N–H and O–H groups in total. The number of carbonyl (C=O) groups is 1. The van der Waals surface area contributed by atoms with Crippen LogP contribution in [0.15, 0.2) is 107 Å². The number of methoxy groups -OCH3 is 1. The van der Waals surface area contributed by atoms with Crippen molar-refractivity contribution in [1.29, 1.82) is 0 Å². The number of hydrazine groups is 1. The third-order valence-electron chi connectivity index (χ3n) is 7.59. The predicted octanol–water partition coefficient (Wildman–Crippen LogP) is 6.56. The monoisotopic (exact) mass is 711 g/mol. The summed E-state index contributed by atoms with van der Waals surface area (Å²) in [7, 11) is 1.54. The number of aliphatic imine (C=N–C) groups is 1. The number of aliphatic hydroxyl groups excluding tert-OH is 1. The Bertz CT molecular complexity index is 1720. The first-order chi connectivity index (χ1) is 22.6. The van der Waals surface area contributed by atoms with Crippen LogP contribution in [0.25, 0.3) is 0 Å². The van der Waals surface area contributed by atoms with Gasteiger partial charge in [-0.05, 0) is 65.2 Å². The van der Waals surface area contributed by atoms with Crippen LogP contribution in [0.3, 0.4) is 0 Å². The Hall–Kier alpha value is -4.39. The maximum Gasteiger partial charge on any atom is 0.416 e. The normalized spacial score (nSPS) is 17.5. The SMILES string of the molecule is COc1cccc([C@@H]2OC(c3ccc(OCCCO)cc3)=N[C@]2(Cc2ccccc2Br)C(=O)NNCc2cccc(C(F)(F)F)c2)c1. The summed E-state index contributed by atoms with van der Waals surface area (Å²) in [6.07, 6.45) is -4.81. The van der Waals surface area contributed by atoms with Crippen molar-refractivity contribution in [3.05, 3.63) is 129 Å². The van der Waals surface area contributed by atoms with Gasteiger partial charge < -0.3 is 19.3 Å². The Morgan fingerprint density at radius 3 is 2.49 bits per heavy atom. The minimum atomic E-state index is -4.49. The average molecular weight is 713 g/mol. The summed E-state index contributed by atoms with van der Waals surface area (Å²) in [5, 5.41) is 9.05. The standard InChI is InChI=1S/C35H33BrF3N3O5/c1-45-29-11-5-9-25(20-29)31-34(21-26-8-2-3-12-30(26)36,33(44)42-40-22-23-7-4-10-27(19-23)35(37,38)39)41-32(47-31)24-13-15-28(16-14-24)46-18-6-17-43/h2-5,7-16,19-20,31,40,43H,6,17-18,21-22H2,1H3,(H,42,44)/t31-,34-/m0/s1. The fourth-order valence-electron chi connectivity index (χ4n) is 5.21. The molecule has 4 aromatic carbocycles. The second-order valence-corrected chi connectivity index (χ2v) is 11.7. The lowest BCUT2D eigenvalue weighted by Gasteiger charge is -2.31. The van der Waals surface area contributed by atoms with Crippen molar-refractivity contribution in [3.63, 3.8) is 0 Å². The summed E-state index contributed by atoms with van der Waals surface area (Å²) < 4.78 is 58.3. The van der Waals surface area contributed by atoms with Crippen LogP contribution in [0.1, 0.15) is 40.3 Å². The van der Waals surface area contributed by atoms with Gasteiger partial charge in [-0.1, -0.05) is 64.5 Å². The number of ether oxygens (including phenoxy) is 3. The molecule has 0 saturated carbocycles. The molecule has 0 fully saturated rings. The first kappa shape index (κ1) is 34.0. The molecule has 5 rings (SSSR count). The fraction of sp³-hybridized carbons (Fsp3) is 0.257. The van der Waals surface area contributed by atoms with Crippen LogP contribution in [-0.4, -0.2) is 42.8 Å². The number of carbonyl (C=O) groups excluding carboxylic acids is 1. The molecule has 2 atom stereocenters. The Morgan fingerprint density at radius 2 is 1.77 bits per heavy atom. The van der Waals surface area contributed by atoms with Gasteiger partial charge in [-0.2, -0.15) is 13.2 Å². The Labute approximate surface area is 278 Å². The van der Waals surface area contributed by atoms with E-state index in [9.17, 15) is 18.0 Å². The molecular weight excluding hydrogens is 679 g/mol. The quantitative estimate of drug-likeness (QED) is 0.107. The summed E-state index contributed by atoms with van der Waals surface area (Å²) in [5.74, 6) is 0.828. The molecule has 4 aromatic rings. The zero-order valence-electron chi connectivity index (χ0n) is 25.4. The van der Waals surface area contributed by atoms with Crippen LogP contribution < -0.4 is 20.3 Å². The predicted molar refractivity (Wildman–Crippen MR) is 174 cm³/mol. The molecule has 12 heteroatoms. The van der Waals surface area contributed by atoms with Gasteiger partial charge in [0.25, 0.3) is 5.91 Å². The van der Waals surface area contributed by atoms with Crippen molar-refractivity contribution in [3.8, 4) is 11.5 Å². The molecule has 0 unspecified atom stereocenters. The first-order valence-electron chi connectivity index (χ1n) is 14.8. The van der Waals surface area contributed by atoms with E-state index < -0.39 is 29.3 Å². The van der Waals surface area contributed by atoms with Crippen LogP contribution in [0, 0.1) is 0 Å². The highest BCUT2D eigenvalue weighted by atomic mass is 79.9. The van der Waals surface area contributed by atoms with Gasteiger partial charge in [0, 0.05) is 36.0 Å². The highest BCUT2D eigenvalue weighted by Crippen LogP contribution is 2.44. The smallest absolute Gasteiger partial charge is 0.416 e. The van der Waals surface area contributed by atoms with Gasteiger partial charge in [0.1, 0.15) is 11.5 Å². The number of alkyl halides is 3. The molecule has 0 spiro atoms. The number of nitrogens with one attached hydrogen (secondary N) is 2. The number of halogens is 4. The number of amides is 1. The van der Waals surface area contributed by atoms with E-state index in [0.717, 1.165) is 22.2 Å². The molecule has 1 aliphatic heterocycles. The van der Waals surface area contributed by atoms with Crippen LogP contribution in [0.2, 0.25) is 0 Å². The molecule has 0 aliphatic carbocycles. The van der Waals surface area contributed by atoms with Gasteiger partial charge in [-0.25, -0.2) is 10.4 Å². The molecule has 0 bridgehead atoms. The maximum atomic E-state index is 14.4. The fourth-order valence-corrected chi connectivity index (χ4v) is 5.64. The minimum Gasteiger partial charge on any atom is -0.497 e. The highest BCUT2D eigenvalue weighted by molar-refractivity contribution is 9.10. The Morgan fingerprint density at radius 1 is 1.00 bits per heavy atom. The van der Waals surface area contributed by atoms with Gasteiger partial charge in [0.2, 0.25) is 5.90 Å². The Kier molecular flexibility index (Phi) is 10.8. The molecule has 1 amide bonds. The van der Waals surface area contributed by atoms with Crippen molar-refractivity contribution in [2.75, 3.05) is 20.3 Å². The molecule has 0 aromatic heterocycles. The number of rotatable bonds is 13. The van der Waals surface area contributed by atoms with Crippen molar-refractivity contribution in [2.24, 2.45) is 4.99 Å². The lowest BCUT2D eigenvalue weighted by atomic mass is 9.82. The van der Waals surface area contributed by atoms with E-state index in [1.54, 1.807) is 49.6 Å². The van der Waals surface area contributed by atoms with E-state index in [0.29, 0.717) is 41.2 Å². The second kappa shape index (κ2) is 15.0. The summed E-state index contributed by atoms with van der Waals surface area (Å²) in [6.45, 7) is 0.304. The molecule has 0 radical (unpaired) electrons. The van der Waals surface area contributed by atoms with Crippen molar-refractivity contribution < 1.29 is 37.3 Å². The number of hydrogen-bond acceptors (Lipinski definition) is 7. The lowest BCUT2D eigenvalue weighted by molar-refractivity contribution is -0.137. The zero-order chi connectivity index (χ0) is 33.4. The van der Waals surface area contributed by atoms with Gasteiger partial charge in [0.15, 0.2) is 11.6 Å². The Balaban J connectivity index is 1.52. The third kappa shape index (κ3) is 8.13. The van der Waals surface area contributed by atoms with Crippen LogP contribution in [0.4, 0.5) is 13.2 Å². The number of hydrogen-bond donors (Lipinski definition) is 3. The summed E-state index contributed by atoms with van der Waals surface area (Å²) in [6, 6.07) is 26.6. The molecule has 8 nitrogen and oxygen atoms in total. The van der Waals surface area contributed by atoms with Gasteiger partial charge in [0.05, 0.1) is 19.3 Å². The van der Waals surface area contributed by atoms with Crippen molar-refractivity contribution in [1.82, 2.24) is 10.9 Å². The van der Waals surface area contributed by atoms with Crippen molar-refractivity contribution in [2.45, 2.75) is 37.2 Å². The van der Waals surface area contributed by atoms with E-state index in [-0.39, 0.29) is 25.5 Å². The summed E-state index contributed by atoms with van der Waals surface area (Å²) >= 11 is 3.60. The van der Waals surface area contributed by atoms with Gasteiger partial charge >= 0.3 is 6.18 Å². The zero-order valence-corrected chi connectivity index (χ0v) is 27.0. The minimum absolute atomic E-state index is 0.0187. The van der Waals surface area contributed by atoms with Crippen LogP contribution in [0.5, 0.6) is 11.5 Å². The third-order valence-corrected chi connectivity index (χ3v) is 8.37. The van der Waals surface area contributed by atoms with Gasteiger partial charge in [-0.15, -0.1) is 0 Å². The van der Waals surface area contributed by atoms with Crippen LogP contribution >= 0.6 is 15.9 Å². The van der Waals surface area contributed by atoms with E-state index in [1.807, 2.05) is 30.3 Å². The molecular formula is C35H33BrF3N3O5. The topological polar surface area (TPSA) is 101 Å². The van der Waals surface area contributed by atoms with Crippen molar-refractivity contribution >= 4 is 27.7 Å². The molecule has 246 valence electrons. The summed E-state index contributed by atoms with van der Waals surface area (Å²) in [4.78, 5) is 19.4. The average Bonchev–Trinajstić information content (AvgIpc) is 3.46. The number of benzene rings is 4. The number of nitrogens with zero attached hydrogens (tertiary/aromatic N) is 1. The molecule has 47 heavy (non-hydrogen) atoms. The van der Waals surface area contributed by atoms with E-state index in [1.165, 1.54) is 12.1 Å². The molecule has 0 saturated heterocycles. The van der Waals surface area contributed by atoms with Gasteiger partial charge in [-0.3, -0.25) is 10.2 Å².